The SMILES string of the molecule is COc1ccc(CN2CCc3nc(-c4cncnc4)ncc3C2)c(OC)c1C. The van der Waals surface area contributed by atoms with Crippen molar-refractivity contribution in [2.45, 2.75) is 26.4 Å². The second-order valence-electron chi connectivity index (χ2n) is 6.84. The summed E-state index contributed by atoms with van der Waals surface area (Å²) in [6.07, 6.45) is 7.79. The van der Waals surface area contributed by atoms with Crippen LogP contribution in [0.15, 0.2) is 37.1 Å². The van der Waals surface area contributed by atoms with Crippen molar-refractivity contribution >= 4 is 0 Å². The topological polar surface area (TPSA) is 73.3 Å². The number of nitrogens with zero attached hydrogens (tertiary/aromatic N) is 5. The maximum atomic E-state index is 5.65. The molecular formula is C21H23N5O2. The Hall–Kier alpha value is -3.06. The smallest absolute Gasteiger partial charge is 0.162 e. The van der Waals surface area contributed by atoms with Crippen LogP contribution >= 0.6 is 0 Å². The second-order valence-corrected chi connectivity index (χ2v) is 6.84. The van der Waals surface area contributed by atoms with Gasteiger partial charge in [-0.05, 0) is 13.0 Å². The summed E-state index contributed by atoms with van der Waals surface area (Å²) < 4.78 is 11.1. The number of aromatic nitrogens is 4. The molecule has 0 N–H and O–H groups in total. The van der Waals surface area contributed by atoms with E-state index in [4.69, 9.17) is 14.5 Å². The average Bonchev–Trinajstić information content (AvgIpc) is 2.74. The molecule has 3 heterocycles. The van der Waals surface area contributed by atoms with E-state index in [0.29, 0.717) is 5.82 Å². The fraction of sp³-hybridized carbons (Fsp3) is 0.333. The molecule has 4 rings (SSSR count). The van der Waals surface area contributed by atoms with E-state index in [1.807, 2.05) is 19.2 Å². The predicted octanol–water partition coefficient (Wildman–Crippen LogP) is 2.82. The average molecular weight is 377 g/mol. The molecule has 0 radical (unpaired) electrons. The molecule has 0 aliphatic carbocycles. The third kappa shape index (κ3) is 3.53. The first-order chi connectivity index (χ1) is 13.7. The lowest BCUT2D eigenvalue weighted by Gasteiger charge is -2.29. The van der Waals surface area contributed by atoms with Crippen molar-refractivity contribution in [3.05, 3.63) is 59.4 Å². The molecule has 0 unspecified atom stereocenters. The van der Waals surface area contributed by atoms with Crippen LogP contribution in [0.3, 0.4) is 0 Å². The van der Waals surface area contributed by atoms with Gasteiger partial charge in [-0.1, -0.05) is 6.07 Å². The third-order valence-corrected chi connectivity index (χ3v) is 5.09. The molecule has 1 aromatic carbocycles. The Kier molecular flexibility index (Phi) is 5.16. The highest BCUT2D eigenvalue weighted by Crippen LogP contribution is 2.33. The molecule has 0 bridgehead atoms. The van der Waals surface area contributed by atoms with Gasteiger partial charge in [-0.2, -0.15) is 0 Å². The van der Waals surface area contributed by atoms with E-state index in [9.17, 15) is 0 Å². The van der Waals surface area contributed by atoms with E-state index in [2.05, 4.69) is 25.9 Å². The lowest BCUT2D eigenvalue weighted by atomic mass is 10.0. The monoisotopic (exact) mass is 377 g/mol. The fourth-order valence-electron chi connectivity index (χ4n) is 3.66. The summed E-state index contributed by atoms with van der Waals surface area (Å²) in [5.41, 5.74) is 5.28. The first-order valence-corrected chi connectivity index (χ1v) is 9.22. The number of rotatable bonds is 5. The Morgan fingerprint density at radius 2 is 1.89 bits per heavy atom. The second kappa shape index (κ2) is 7.90. The summed E-state index contributed by atoms with van der Waals surface area (Å²) >= 11 is 0. The van der Waals surface area contributed by atoms with Gasteiger partial charge < -0.3 is 9.47 Å². The zero-order valence-electron chi connectivity index (χ0n) is 16.3. The summed E-state index contributed by atoms with van der Waals surface area (Å²) in [4.78, 5) is 19.7. The zero-order chi connectivity index (χ0) is 19.5. The van der Waals surface area contributed by atoms with Gasteiger partial charge in [0, 0.05) is 61.3 Å². The van der Waals surface area contributed by atoms with Gasteiger partial charge in [0.1, 0.15) is 17.8 Å². The molecule has 7 nitrogen and oxygen atoms in total. The normalized spacial score (nSPS) is 13.8. The van der Waals surface area contributed by atoms with Gasteiger partial charge in [0.15, 0.2) is 5.82 Å². The fourth-order valence-corrected chi connectivity index (χ4v) is 3.66. The lowest BCUT2D eigenvalue weighted by molar-refractivity contribution is 0.239. The van der Waals surface area contributed by atoms with Crippen LogP contribution in [0.1, 0.15) is 22.4 Å². The van der Waals surface area contributed by atoms with E-state index in [-0.39, 0.29) is 0 Å². The van der Waals surface area contributed by atoms with Crippen LogP contribution in [0, 0.1) is 6.92 Å². The van der Waals surface area contributed by atoms with Crippen molar-refractivity contribution in [1.82, 2.24) is 24.8 Å². The molecule has 0 saturated carbocycles. The van der Waals surface area contributed by atoms with Crippen LogP contribution in [0.25, 0.3) is 11.4 Å². The molecule has 2 aromatic heterocycles. The van der Waals surface area contributed by atoms with Gasteiger partial charge in [-0.3, -0.25) is 4.90 Å². The number of fused-ring (bicyclic) bond motifs is 1. The lowest BCUT2D eigenvalue weighted by Crippen LogP contribution is -2.31. The number of hydrogen-bond acceptors (Lipinski definition) is 7. The molecule has 3 aromatic rings. The Morgan fingerprint density at radius 1 is 1.07 bits per heavy atom. The Balaban J connectivity index is 1.53. The maximum absolute atomic E-state index is 5.65. The Bertz CT molecular complexity index is 978. The van der Waals surface area contributed by atoms with Crippen LogP contribution in [0.5, 0.6) is 11.5 Å². The summed E-state index contributed by atoms with van der Waals surface area (Å²) in [6.45, 7) is 4.58. The van der Waals surface area contributed by atoms with Gasteiger partial charge in [0.25, 0.3) is 0 Å². The molecule has 0 amide bonds. The van der Waals surface area contributed by atoms with Crippen LogP contribution in [0.2, 0.25) is 0 Å². The van der Waals surface area contributed by atoms with Crippen LogP contribution < -0.4 is 9.47 Å². The predicted molar refractivity (Wildman–Crippen MR) is 105 cm³/mol. The molecule has 28 heavy (non-hydrogen) atoms. The molecule has 1 aliphatic rings. The molecule has 1 aliphatic heterocycles. The molecular weight excluding hydrogens is 354 g/mol. The quantitative estimate of drug-likeness (QED) is 0.677. The maximum Gasteiger partial charge on any atom is 0.162 e. The van der Waals surface area contributed by atoms with Gasteiger partial charge >= 0.3 is 0 Å². The van der Waals surface area contributed by atoms with E-state index in [1.165, 1.54) is 6.33 Å². The summed E-state index contributed by atoms with van der Waals surface area (Å²) in [5.74, 6) is 2.41. The minimum atomic E-state index is 0.681. The first kappa shape index (κ1) is 18.3. The molecule has 0 fully saturated rings. The highest BCUT2D eigenvalue weighted by atomic mass is 16.5. The molecule has 0 saturated heterocycles. The van der Waals surface area contributed by atoms with Crippen molar-refractivity contribution in [3.63, 3.8) is 0 Å². The standard InChI is InChI=1S/C21H23N5O2/c1-14-19(27-2)5-4-15(20(14)28-3)11-26-7-6-18-17(12-26)10-24-21(25-18)16-8-22-13-23-9-16/h4-5,8-10,13H,6-7,11-12H2,1-3H3. The van der Waals surface area contributed by atoms with E-state index in [0.717, 1.165) is 65.5 Å². The van der Waals surface area contributed by atoms with E-state index < -0.39 is 0 Å². The molecule has 0 spiro atoms. The van der Waals surface area contributed by atoms with Gasteiger partial charge in [0.05, 0.1) is 25.5 Å². The number of hydrogen-bond donors (Lipinski definition) is 0. The Morgan fingerprint density at radius 3 is 2.64 bits per heavy atom. The Labute approximate surface area is 164 Å². The van der Waals surface area contributed by atoms with Gasteiger partial charge in [0.2, 0.25) is 0 Å². The highest BCUT2D eigenvalue weighted by Gasteiger charge is 2.21. The third-order valence-electron chi connectivity index (χ3n) is 5.09. The number of methoxy groups -OCH3 is 2. The molecule has 0 atom stereocenters. The summed E-state index contributed by atoms with van der Waals surface area (Å²) in [7, 11) is 3.39. The first-order valence-electron chi connectivity index (χ1n) is 9.22. The summed E-state index contributed by atoms with van der Waals surface area (Å²) in [6, 6.07) is 4.08. The number of benzene rings is 1. The van der Waals surface area contributed by atoms with Crippen LogP contribution in [-0.2, 0) is 19.5 Å². The van der Waals surface area contributed by atoms with Crippen molar-refractivity contribution in [3.8, 4) is 22.9 Å². The zero-order valence-corrected chi connectivity index (χ0v) is 16.3. The largest absolute Gasteiger partial charge is 0.496 e. The van der Waals surface area contributed by atoms with Crippen molar-refractivity contribution < 1.29 is 9.47 Å². The van der Waals surface area contributed by atoms with Crippen molar-refractivity contribution in [2.75, 3.05) is 20.8 Å². The van der Waals surface area contributed by atoms with Crippen LogP contribution in [0.4, 0.5) is 0 Å². The molecule has 7 heteroatoms. The highest BCUT2D eigenvalue weighted by molar-refractivity contribution is 5.52. The van der Waals surface area contributed by atoms with E-state index in [1.54, 1.807) is 26.6 Å². The van der Waals surface area contributed by atoms with Crippen LogP contribution in [-0.4, -0.2) is 45.6 Å². The summed E-state index contributed by atoms with van der Waals surface area (Å²) in [5, 5.41) is 0. The minimum absolute atomic E-state index is 0.681. The van der Waals surface area contributed by atoms with E-state index >= 15 is 0 Å². The van der Waals surface area contributed by atoms with Gasteiger partial charge in [-0.15, -0.1) is 0 Å². The molecule has 144 valence electrons. The van der Waals surface area contributed by atoms with Crippen molar-refractivity contribution in [1.29, 1.82) is 0 Å². The minimum Gasteiger partial charge on any atom is -0.496 e. The van der Waals surface area contributed by atoms with Crippen molar-refractivity contribution in [2.24, 2.45) is 0 Å². The number of ether oxygens (including phenoxy) is 2. The van der Waals surface area contributed by atoms with Gasteiger partial charge in [-0.25, -0.2) is 19.9 Å².